The maximum absolute atomic E-state index is 12.5. The molecule has 310 valence electrons. The monoisotopic (exact) mass is 814 g/mol. The van der Waals surface area contributed by atoms with Gasteiger partial charge in [-0.15, -0.1) is 0 Å². The highest BCUT2D eigenvalue weighted by Crippen LogP contribution is 2.32. The molecule has 6 unspecified atom stereocenters. The van der Waals surface area contributed by atoms with E-state index in [4.69, 9.17) is 34.2 Å². The molecule has 1 aliphatic rings. The minimum Gasteiger partial charge on any atom is -0.391 e. The third kappa shape index (κ3) is 16.4. The first-order chi connectivity index (χ1) is 27.3. The minimum atomic E-state index is -1.29. The number of benzene rings is 3. The van der Waals surface area contributed by atoms with Crippen LogP contribution in [0.4, 0.5) is 0 Å². The first-order valence-electron chi connectivity index (χ1n) is 19.6. The molecule has 56 heavy (non-hydrogen) atoms. The number of carbonyl (C=O) groups is 1. The first-order valence-corrected chi connectivity index (χ1v) is 21.9. The second-order valence-electron chi connectivity index (χ2n) is 14.0. The van der Waals surface area contributed by atoms with E-state index in [1.807, 2.05) is 115 Å². The molecule has 0 saturated carbocycles. The van der Waals surface area contributed by atoms with Crippen molar-refractivity contribution < 1.29 is 43.4 Å². The molecule has 3 aromatic carbocycles. The average Bonchev–Trinajstić information content (AvgIpc) is 3.22. The topological polar surface area (TPSA) is 151 Å². The van der Waals surface area contributed by atoms with Crippen molar-refractivity contribution in [2.24, 2.45) is 11.7 Å². The SMILES string of the molecule is CCC(=O)N[C@@H](COC1OC(COCCSCC(C)CSCCN)C(OCc2ccccc2)C(OCc2ccccc2)C1OCc1ccccc1)[C@H](O)[C@@H](C)O. The van der Waals surface area contributed by atoms with E-state index in [2.05, 4.69) is 12.2 Å². The molecule has 0 spiro atoms. The van der Waals surface area contributed by atoms with E-state index in [0.29, 0.717) is 25.7 Å². The highest BCUT2D eigenvalue weighted by Gasteiger charge is 2.49. The Morgan fingerprint density at radius 1 is 0.768 bits per heavy atom. The molecular weight excluding hydrogens is 753 g/mol. The van der Waals surface area contributed by atoms with Gasteiger partial charge in [-0.1, -0.05) is 105 Å². The van der Waals surface area contributed by atoms with Gasteiger partial charge in [-0.25, -0.2) is 0 Å². The van der Waals surface area contributed by atoms with E-state index in [1.54, 1.807) is 6.92 Å². The molecule has 1 aliphatic heterocycles. The van der Waals surface area contributed by atoms with Crippen LogP contribution in [0.1, 0.15) is 43.9 Å². The fraction of sp³-hybridized carbons (Fsp3) is 0.558. The number of ether oxygens (including phenoxy) is 6. The zero-order valence-corrected chi connectivity index (χ0v) is 34.6. The van der Waals surface area contributed by atoms with Gasteiger partial charge in [-0.05, 0) is 41.0 Å². The molecular formula is C43H62N2O9S2. The maximum atomic E-state index is 12.5. The van der Waals surface area contributed by atoms with E-state index in [0.717, 1.165) is 39.7 Å². The number of amides is 1. The Morgan fingerprint density at radius 2 is 1.29 bits per heavy atom. The molecule has 1 fully saturated rings. The molecule has 0 bridgehead atoms. The minimum absolute atomic E-state index is 0.166. The lowest BCUT2D eigenvalue weighted by atomic mass is 9.97. The summed E-state index contributed by atoms with van der Waals surface area (Å²) in [4.78, 5) is 12.5. The van der Waals surface area contributed by atoms with Crippen LogP contribution in [0.3, 0.4) is 0 Å². The molecule has 13 heteroatoms. The standard InChI is InChI=1S/C43H62N2O9S2/c1-4-38(47)45-36(39(48)32(3)46)27-53-43-42(52-26-35-18-12-7-13-19-35)41(51-25-34-16-10-6-11-17-34)40(50-24-33-14-8-5-9-15-33)37(54-43)28-49-21-23-56-30-31(2)29-55-22-20-44/h5-19,31-32,36-37,39-43,46,48H,4,20-30,44H2,1-3H3,(H,45,47)/t31?,32-,36+,37?,39-,40?,41?,42?,43?/m1/s1. The number of carbonyl (C=O) groups excluding carboxylic acids is 1. The summed E-state index contributed by atoms with van der Waals surface area (Å²) in [6.45, 7) is 7.49. The zero-order valence-electron chi connectivity index (χ0n) is 33.0. The van der Waals surface area contributed by atoms with Crippen LogP contribution >= 0.6 is 23.5 Å². The van der Waals surface area contributed by atoms with Gasteiger partial charge in [-0.3, -0.25) is 4.79 Å². The molecule has 9 atom stereocenters. The molecule has 3 aromatic rings. The number of hydrogen-bond acceptors (Lipinski definition) is 12. The van der Waals surface area contributed by atoms with Crippen molar-refractivity contribution in [1.82, 2.24) is 5.32 Å². The summed E-state index contributed by atoms with van der Waals surface area (Å²) in [6, 6.07) is 28.7. The Bertz CT molecular complexity index is 1460. The Kier molecular flexibility index (Phi) is 21.8. The summed E-state index contributed by atoms with van der Waals surface area (Å²) in [6.07, 6.45) is -6.00. The number of rotatable bonds is 27. The third-order valence-electron chi connectivity index (χ3n) is 9.18. The van der Waals surface area contributed by atoms with Crippen molar-refractivity contribution in [3.8, 4) is 0 Å². The van der Waals surface area contributed by atoms with Crippen LogP contribution in [0.15, 0.2) is 91.0 Å². The predicted octanol–water partition coefficient (Wildman–Crippen LogP) is 5.20. The molecule has 4 rings (SSSR count). The smallest absolute Gasteiger partial charge is 0.220 e. The van der Waals surface area contributed by atoms with E-state index in [9.17, 15) is 15.0 Å². The lowest BCUT2D eigenvalue weighted by Gasteiger charge is -2.46. The van der Waals surface area contributed by atoms with Gasteiger partial charge in [0, 0.05) is 24.5 Å². The normalized spacial score (nSPS) is 21.9. The van der Waals surface area contributed by atoms with Crippen molar-refractivity contribution >= 4 is 29.4 Å². The number of hydrogen-bond donors (Lipinski definition) is 4. The van der Waals surface area contributed by atoms with Crippen LogP contribution in [-0.2, 0) is 53.0 Å². The number of aliphatic hydroxyl groups is 2. The van der Waals surface area contributed by atoms with Gasteiger partial charge in [-0.2, -0.15) is 23.5 Å². The molecule has 5 N–H and O–H groups in total. The summed E-state index contributed by atoms with van der Waals surface area (Å²) in [7, 11) is 0. The van der Waals surface area contributed by atoms with Gasteiger partial charge in [0.1, 0.15) is 30.5 Å². The van der Waals surface area contributed by atoms with Gasteiger partial charge in [0.25, 0.3) is 0 Å². The summed E-state index contributed by atoms with van der Waals surface area (Å²) in [5.41, 5.74) is 8.57. The average molecular weight is 815 g/mol. The van der Waals surface area contributed by atoms with Crippen LogP contribution in [0.2, 0.25) is 0 Å². The molecule has 11 nitrogen and oxygen atoms in total. The number of nitrogens with one attached hydrogen (secondary N) is 1. The van der Waals surface area contributed by atoms with Crippen LogP contribution in [0.25, 0.3) is 0 Å². The highest BCUT2D eigenvalue weighted by molar-refractivity contribution is 8.00. The highest BCUT2D eigenvalue weighted by atomic mass is 32.2. The molecule has 0 aromatic heterocycles. The Balaban J connectivity index is 1.60. The Hall–Kier alpha value is -2.53. The summed E-state index contributed by atoms with van der Waals surface area (Å²) >= 11 is 3.75. The second-order valence-corrected chi connectivity index (χ2v) is 16.3. The van der Waals surface area contributed by atoms with Crippen molar-refractivity contribution in [3.05, 3.63) is 108 Å². The molecule has 0 radical (unpaired) electrons. The van der Waals surface area contributed by atoms with E-state index < -0.39 is 49.0 Å². The predicted molar refractivity (Wildman–Crippen MR) is 223 cm³/mol. The lowest BCUT2D eigenvalue weighted by molar-refractivity contribution is -0.329. The number of nitrogens with two attached hydrogens (primary N) is 1. The Labute approximate surface area is 341 Å². The summed E-state index contributed by atoms with van der Waals surface area (Å²) in [5.74, 6) is 4.19. The van der Waals surface area contributed by atoms with Crippen LogP contribution in [-0.4, -0.2) is 114 Å². The summed E-state index contributed by atoms with van der Waals surface area (Å²) in [5, 5.41) is 24.0. The van der Waals surface area contributed by atoms with Crippen molar-refractivity contribution in [1.29, 1.82) is 0 Å². The quantitative estimate of drug-likeness (QED) is 0.0750. The van der Waals surface area contributed by atoms with E-state index in [1.165, 1.54) is 6.92 Å². The van der Waals surface area contributed by atoms with E-state index >= 15 is 0 Å². The van der Waals surface area contributed by atoms with Gasteiger partial charge < -0.3 is 49.7 Å². The van der Waals surface area contributed by atoms with Crippen LogP contribution in [0.5, 0.6) is 0 Å². The number of aliphatic hydroxyl groups excluding tert-OH is 2. The fourth-order valence-electron chi connectivity index (χ4n) is 6.10. The van der Waals surface area contributed by atoms with Gasteiger partial charge in [0.05, 0.1) is 51.8 Å². The van der Waals surface area contributed by atoms with E-state index in [-0.39, 0.29) is 38.8 Å². The van der Waals surface area contributed by atoms with Crippen LogP contribution in [0, 0.1) is 5.92 Å². The van der Waals surface area contributed by atoms with Gasteiger partial charge in [0.15, 0.2) is 6.29 Å². The maximum Gasteiger partial charge on any atom is 0.220 e. The number of thioether (sulfide) groups is 2. The molecule has 0 aliphatic carbocycles. The molecule has 1 heterocycles. The first kappa shape index (κ1) is 46.2. The third-order valence-corrected chi connectivity index (χ3v) is 11.8. The fourth-order valence-corrected chi connectivity index (χ4v) is 8.03. The second kappa shape index (κ2) is 26.5. The van der Waals surface area contributed by atoms with Crippen molar-refractivity contribution in [2.75, 3.05) is 49.4 Å². The van der Waals surface area contributed by atoms with Gasteiger partial charge >= 0.3 is 0 Å². The molecule has 1 saturated heterocycles. The zero-order chi connectivity index (χ0) is 40.0. The summed E-state index contributed by atoms with van der Waals surface area (Å²) < 4.78 is 39.7. The van der Waals surface area contributed by atoms with Crippen LogP contribution < -0.4 is 11.1 Å². The molecule has 1 amide bonds. The van der Waals surface area contributed by atoms with Crippen molar-refractivity contribution in [3.63, 3.8) is 0 Å². The Morgan fingerprint density at radius 3 is 1.80 bits per heavy atom. The van der Waals surface area contributed by atoms with Gasteiger partial charge in [0.2, 0.25) is 5.91 Å². The van der Waals surface area contributed by atoms with Crippen molar-refractivity contribution in [2.45, 2.75) is 96.0 Å². The largest absolute Gasteiger partial charge is 0.391 e. The lowest BCUT2D eigenvalue weighted by Crippen LogP contribution is -2.62.